The molecule has 276 valence electrons. The van der Waals surface area contributed by atoms with Gasteiger partial charge in [0, 0.05) is 15.8 Å². The standard InChI is InChI=1S/2C18H33P.C5H10Si.2ClH.Ru/c2*1-4-10-16(11-5-1)19(17-12-6-2-7-13-17)18-14-8-3-9-15-18;1-5-6(2,3)4;;;/h2*16-18H,1-15H2;5H,2-4H3;2*1H;/q;;;;;+2. The Morgan fingerprint density at radius 1 is 0.404 bits per heavy atom. The molecule has 0 bridgehead atoms. The van der Waals surface area contributed by atoms with Crippen LogP contribution in [0.4, 0.5) is 0 Å². The van der Waals surface area contributed by atoms with Crippen molar-refractivity contribution in [1.29, 1.82) is 0 Å². The third-order valence-electron chi connectivity index (χ3n) is 13.0. The van der Waals surface area contributed by atoms with Gasteiger partial charge in [0.15, 0.2) is 0 Å². The second-order valence-electron chi connectivity index (χ2n) is 17.8. The van der Waals surface area contributed by atoms with Crippen molar-refractivity contribution in [2.45, 2.75) is 246 Å². The zero-order chi connectivity index (χ0) is 33.3. The molecule has 0 aromatic carbocycles. The van der Waals surface area contributed by atoms with Crippen LogP contribution in [0.25, 0.3) is 0 Å². The van der Waals surface area contributed by atoms with E-state index in [9.17, 15) is 0 Å². The molecule has 0 amide bonds. The molecule has 0 spiro atoms. The summed E-state index contributed by atoms with van der Waals surface area (Å²) in [6.07, 6.45) is 47.6. The second kappa shape index (κ2) is 23.6. The number of hydrogen-bond donors (Lipinski definition) is 0. The van der Waals surface area contributed by atoms with Crippen LogP contribution in [0, 0.1) is 0 Å². The molecule has 0 unspecified atom stereocenters. The summed E-state index contributed by atoms with van der Waals surface area (Å²) in [7, 11) is 9.96. The summed E-state index contributed by atoms with van der Waals surface area (Å²) in [5.41, 5.74) is 9.44. The molecule has 6 aliphatic rings. The van der Waals surface area contributed by atoms with Gasteiger partial charge in [0.05, 0.1) is 34.0 Å². The summed E-state index contributed by atoms with van der Waals surface area (Å²) in [6.45, 7) is 6.68. The zero-order valence-electron chi connectivity index (χ0n) is 31.4. The molecule has 0 nitrogen and oxygen atoms in total. The number of halogens is 2. The third kappa shape index (κ3) is 15.8. The molecule has 47 heavy (non-hydrogen) atoms. The van der Waals surface area contributed by atoms with Crippen molar-refractivity contribution < 1.29 is 13.5 Å². The first-order valence-electron chi connectivity index (χ1n) is 21.2. The van der Waals surface area contributed by atoms with Crippen molar-refractivity contribution >= 4 is 47.6 Å². The molecular formula is C41H78Cl2P2RuSi+2. The number of rotatable bonds is 7. The molecule has 6 saturated carbocycles. The fraction of sp³-hybridized carbons (Fsp3) is 0.951. The quantitative estimate of drug-likeness (QED) is 0.177. The zero-order valence-corrected chi connectivity index (χ0v) is 37.6. The molecule has 6 aliphatic carbocycles. The van der Waals surface area contributed by atoms with Gasteiger partial charge >= 0.3 is 70.6 Å². The van der Waals surface area contributed by atoms with Crippen molar-refractivity contribution in [1.82, 2.24) is 0 Å². The Kier molecular flexibility index (Phi) is 20.9. The molecule has 0 aliphatic heterocycles. The van der Waals surface area contributed by atoms with Gasteiger partial charge in [-0.05, 0) is 154 Å². The van der Waals surface area contributed by atoms with Gasteiger partial charge in [-0.3, -0.25) is 0 Å². The molecule has 0 aromatic heterocycles. The average molecular weight is 833 g/mol. The van der Waals surface area contributed by atoms with E-state index in [1.54, 1.807) is 193 Å². The Bertz CT molecular complexity index is 738. The summed E-state index contributed by atoms with van der Waals surface area (Å²) in [5.74, 6) is 0. The Hall–Kier alpha value is 1.93. The van der Waals surface area contributed by atoms with Gasteiger partial charge < -0.3 is 0 Å². The van der Waals surface area contributed by atoms with Crippen LogP contribution in [-0.2, 0) is 13.5 Å². The van der Waals surface area contributed by atoms with Crippen molar-refractivity contribution in [3.05, 3.63) is 5.70 Å². The van der Waals surface area contributed by atoms with Crippen molar-refractivity contribution in [2.75, 3.05) is 0 Å². The van der Waals surface area contributed by atoms with Crippen molar-refractivity contribution in [2.24, 2.45) is 0 Å². The summed E-state index contributed by atoms with van der Waals surface area (Å²) < 4.78 is 3.00. The Morgan fingerprint density at radius 2 is 0.596 bits per heavy atom. The Morgan fingerprint density at radius 3 is 0.723 bits per heavy atom. The molecule has 6 heteroatoms. The van der Waals surface area contributed by atoms with Gasteiger partial charge in [-0.1, -0.05) is 38.5 Å². The van der Waals surface area contributed by atoms with Crippen LogP contribution in [0.1, 0.15) is 193 Å². The van der Waals surface area contributed by atoms with Crippen LogP contribution < -0.4 is 0 Å². The first-order chi connectivity index (χ1) is 22.8. The van der Waals surface area contributed by atoms with Crippen LogP contribution in [0.5, 0.6) is 0 Å². The SMILES string of the molecule is C1CCC([PH+](C2CCCCC2)C2CCCCC2)CC1.C1CCC([PH+](C2CCCCC2)C2CCCCC2)CC1.C[Si](C)(C)C=[C]=[Ru]([Cl])[Cl]. The van der Waals surface area contributed by atoms with E-state index in [1.807, 2.05) is 0 Å². The van der Waals surface area contributed by atoms with Crippen LogP contribution in [-0.4, -0.2) is 46.3 Å². The fourth-order valence-electron chi connectivity index (χ4n) is 10.8. The van der Waals surface area contributed by atoms with Crippen LogP contribution in [0.3, 0.4) is 0 Å². The normalized spacial score (nSPS) is 25.7. The monoisotopic (exact) mass is 832 g/mol. The first-order valence-corrected chi connectivity index (χ1v) is 33.5. The van der Waals surface area contributed by atoms with Crippen molar-refractivity contribution in [3.8, 4) is 0 Å². The second-order valence-corrected chi connectivity index (χ2v) is 35.1. The van der Waals surface area contributed by atoms with Gasteiger partial charge in [0.1, 0.15) is 0 Å². The Labute approximate surface area is 310 Å². The number of hydrogen-bond acceptors (Lipinski definition) is 0. The van der Waals surface area contributed by atoms with E-state index in [-0.39, 0.29) is 15.8 Å². The van der Waals surface area contributed by atoms with Gasteiger partial charge in [-0.15, -0.1) is 0 Å². The van der Waals surface area contributed by atoms with Crippen LogP contribution in [0.15, 0.2) is 5.70 Å². The van der Waals surface area contributed by atoms with Gasteiger partial charge in [0.2, 0.25) is 0 Å². The van der Waals surface area contributed by atoms with Crippen molar-refractivity contribution in [3.63, 3.8) is 0 Å². The summed E-state index contributed by atoms with van der Waals surface area (Å²) in [5, 5.41) is 0. The van der Waals surface area contributed by atoms with E-state index in [0.717, 1.165) is 0 Å². The fourth-order valence-corrected chi connectivity index (χ4v) is 25.8. The average Bonchev–Trinajstić information content (AvgIpc) is 3.11. The molecule has 0 radical (unpaired) electrons. The molecule has 0 aromatic rings. The van der Waals surface area contributed by atoms with E-state index < -0.39 is 21.6 Å². The third-order valence-corrected chi connectivity index (χ3v) is 25.2. The van der Waals surface area contributed by atoms with E-state index in [2.05, 4.69) is 29.6 Å². The Balaban J connectivity index is 0.000000171. The maximum absolute atomic E-state index is 5.57. The van der Waals surface area contributed by atoms with E-state index in [4.69, 9.17) is 19.4 Å². The van der Waals surface area contributed by atoms with E-state index in [0.29, 0.717) is 0 Å². The summed E-state index contributed by atoms with van der Waals surface area (Å²) >= 11 is -1.63. The summed E-state index contributed by atoms with van der Waals surface area (Å²) in [4.78, 5) is 0. The topological polar surface area (TPSA) is 0 Å². The van der Waals surface area contributed by atoms with Gasteiger partial charge in [-0.25, -0.2) is 0 Å². The van der Waals surface area contributed by atoms with E-state index >= 15 is 0 Å². The minimum atomic E-state index is -1.63. The predicted molar refractivity (Wildman–Crippen MR) is 222 cm³/mol. The molecule has 0 heterocycles. The molecule has 0 atom stereocenters. The maximum atomic E-state index is 5.57. The molecule has 6 fully saturated rings. The van der Waals surface area contributed by atoms with Gasteiger partial charge in [0.25, 0.3) is 0 Å². The van der Waals surface area contributed by atoms with Crippen LogP contribution >= 0.6 is 35.2 Å². The van der Waals surface area contributed by atoms with Gasteiger partial charge in [-0.2, -0.15) is 0 Å². The minimum absolute atomic E-state index is 0.0465. The van der Waals surface area contributed by atoms with Crippen LogP contribution in [0.2, 0.25) is 19.6 Å². The summed E-state index contributed by atoms with van der Waals surface area (Å²) in [6, 6.07) is 0. The molecular weight excluding hydrogens is 754 g/mol. The molecule has 0 saturated heterocycles. The predicted octanol–water partition coefficient (Wildman–Crippen LogP) is 15.1. The van der Waals surface area contributed by atoms with E-state index in [1.165, 1.54) is 34.0 Å². The molecule has 6 rings (SSSR count). The first kappa shape index (κ1) is 41.7. The molecule has 0 N–H and O–H groups in total.